The molecule has 6 rings (SSSR count). The number of ether oxygens (including phenoxy) is 1. The van der Waals surface area contributed by atoms with Crippen molar-refractivity contribution in [3.05, 3.63) is 40.2 Å². The van der Waals surface area contributed by atoms with E-state index in [0.717, 1.165) is 36.7 Å². The molecule has 1 saturated heterocycles. The summed E-state index contributed by atoms with van der Waals surface area (Å²) in [6, 6.07) is 6.24. The van der Waals surface area contributed by atoms with Crippen molar-refractivity contribution in [1.82, 2.24) is 9.55 Å². The summed E-state index contributed by atoms with van der Waals surface area (Å²) in [7, 11) is 1.26. The maximum atomic E-state index is 12.8. The van der Waals surface area contributed by atoms with Gasteiger partial charge in [0.05, 0.1) is 35.5 Å². The molecule has 10 heteroatoms. The Labute approximate surface area is 212 Å². The van der Waals surface area contributed by atoms with E-state index in [4.69, 9.17) is 4.74 Å². The second-order valence-corrected chi connectivity index (χ2v) is 11.4. The van der Waals surface area contributed by atoms with Crippen molar-refractivity contribution in [1.29, 1.82) is 0 Å². The molecule has 0 amide bonds. The Bertz CT molecular complexity index is 1310. The number of anilines is 1. The molecule has 1 N–H and O–H groups in total. The van der Waals surface area contributed by atoms with Gasteiger partial charge in [-0.3, -0.25) is 10.1 Å². The maximum absolute atomic E-state index is 12.8. The van der Waals surface area contributed by atoms with Crippen LogP contribution in [0.3, 0.4) is 0 Å². The summed E-state index contributed by atoms with van der Waals surface area (Å²) in [5, 5.41) is 22.9. The standard InChI is InChI=1S/C26H30N4O5S/c1-35-26(32)22-23(30(33)34)24(36-25(22)28-12-16-9-19(31)10-17(16)13-28)15-7-8-21-20(11-15)27-14-29(21)18-5-3-2-4-6-18/h7-8,11,14,16-19,31H,2-6,9-10,12-13H2,1H3/t16-,17+,19?. The molecule has 3 aromatic rings. The Balaban J connectivity index is 1.42. The molecule has 2 aromatic heterocycles. The first kappa shape index (κ1) is 23.4. The third-order valence-corrected chi connectivity index (χ3v) is 9.54. The lowest BCUT2D eigenvalue weighted by Gasteiger charge is -2.23. The number of aliphatic hydroxyl groups is 1. The number of thiophene rings is 1. The minimum Gasteiger partial charge on any atom is -0.465 e. The molecule has 1 unspecified atom stereocenters. The van der Waals surface area contributed by atoms with Crippen LogP contribution in [0.4, 0.5) is 10.7 Å². The minimum absolute atomic E-state index is 0.0239. The summed E-state index contributed by atoms with van der Waals surface area (Å²) in [6.45, 7) is 1.35. The first-order valence-corrected chi connectivity index (χ1v) is 13.6. The molecule has 0 bridgehead atoms. The van der Waals surface area contributed by atoms with Crippen molar-refractivity contribution < 1.29 is 19.6 Å². The number of benzene rings is 1. The molecular formula is C26H30N4O5S. The van der Waals surface area contributed by atoms with Crippen molar-refractivity contribution in [2.75, 3.05) is 25.1 Å². The maximum Gasteiger partial charge on any atom is 0.347 e. The number of nitro groups is 1. The number of hydrogen-bond acceptors (Lipinski definition) is 8. The number of aliphatic hydroxyl groups excluding tert-OH is 1. The van der Waals surface area contributed by atoms with Crippen LogP contribution in [0.15, 0.2) is 24.5 Å². The van der Waals surface area contributed by atoms with E-state index in [0.29, 0.717) is 46.4 Å². The third-order valence-electron chi connectivity index (χ3n) is 8.25. The summed E-state index contributed by atoms with van der Waals surface area (Å²) >= 11 is 1.28. The van der Waals surface area contributed by atoms with E-state index in [1.54, 1.807) is 0 Å². The van der Waals surface area contributed by atoms with E-state index in [9.17, 15) is 20.0 Å². The number of fused-ring (bicyclic) bond motifs is 2. The smallest absolute Gasteiger partial charge is 0.347 e. The molecule has 3 fully saturated rings. The number of hydrogen-bond donors (Lipinski definition) is 1. The van der Waals surface area contributed by atoms with Gasteiger partial charge in [0, 0.05) is 24.7 Å². The summed E-state index contributed by atoms with van der Waals surface area (Å²) < 4.78 is 7.25. The molecule has 1 aromatic carbocycles. The van der Waals surface area contributed by atoms with Gasteiger partial charge in [-0.25, -0.2) is 9.78 Å². The third kappa shape index (κ3) is 3.87. The zero-order valence-corrected chi connectivity index (χ0v) is 21.1. The monoisotopic (exact) mass is 510 g/mol. The quantitative estimate of drug-likeness (QED) is 0.286. The number of esters is 1. The van der Waals surface area contributed by atoms with Gasteiger partial charge in [-0.05, 0) is 49.7 Å². The van der Waals surface area contributed by atoms with Gasteiger partial charge in [-0.2, -0.15) is 0 Å². The second kappa shape index (κ2) is 9.15. The van der Waals surface area contributed by atoms with Crippen LogP contribution in [0, 0.1) is 22.0 Å². The van der Waals surface area contributed by atoms with Crippen molar-refractivity contribution in [3.63, 3.8) is 0 Å². The number of imidazole rings is 1. The van der Waals surface area contributed by atoms with E-state index in [2.05, 4.69) is 14.5 Å². The Kier molecular flexibility index (Phi) is 5.95. The average Bonchev–Trinajstić information content (AvgIpc) is 3.63. The van der Waals surface area contributed by atoms with Gasteiger partial charge in [-0.1, -0.05) is 25.3 Å². The van der Waals surface area contributed by atoms with Gasteiger partial charge >= 0.3 is 11.7 Å². The van der Waals surface area contributed by atoms with E-state index in [-0.39, 0.29) is 17.4 Å². The van der Waals surface area contributed by atoms with Crippen molar-refractivity contribution in [3.8, 4) is 10.4 Å². The van der Waals surface area contributed by atoms with Gasteiger partial charge in [-0.15, -0.1) is 11.3 Å². The predicted molar refractivity (Wildman–Crippen MR) is 138 cm³/mol. The van der Waals surface area contributed by atoms with Crippen molar-refractivity contribution >= 4 is 39.0 Å². The molecule has 9 nitrogen and oxygen atoms in total. The summed E-state index contributed by atoms with van der Waals surface area (Å²) in [4.78, 5) is 31.8. The van der Waals surface area contributed by atoms with Gasteiger partial charge in [0.15, 0.2) is 5.56 Å². The minimum atomic E-state index is -0.695. The molecule has 1 aliphatic heterocycles. The van der Waals surface area contributed by atoms with Crippen LogP contribution in [0.1, 0.15) is 61.3 Å². The van der Waals surface area contributed by atoms with Crippen LogP contribution in [0.25, 0.3) is 21.5 Å². The first-order chi connectivity index (χ1) is 17.4. The molecule has 0 spiro atoms. The van der Waals surface area contributed by atoms with Crippen LogP contribution in [0.2, 0.25) is 0 Å². The SMILES string of the molecule is COC(=O)c1c(N2C[C@H]3CC(O)C[C@H]3C2)sc(-c2ccc3c(c2)ncn3C2CCCCC2)c1[N+](=O)[O-]. The van der Waals surface area contributed by atoms with Crippen LogP contribution < -0.4 is 4.90 Å². The van der Waals surface area contributed by atoms with E-state index >= 15 is 0 Å². The lowest BCUT2D eigenvalue weighted by Crippen LogP contribution is -2.23. The highest BCUT2D eigenvalue weighted by atomic mass is 32.1. The average molecular weight is 511 g/mol. The van der Waals surface area contributed by atoms with Gasteiger partial charge < -0.3 is 19.3 Å². The lowest BCUT2D eigenvalue weighted by atomic mass is 9.95. The van der Waals surface area contributed by atoms with Crippen LogP contribution in [0.5, 0.6) is 0 Å². The Morgan fingerprint density at radius 3 is 2.58 bits per heavy atom. The molecule has 3 aliphatic rings. The molecule has 2 saturated carbocycles. The van der Waals surface area contributed by atoms with E-state index in [1.807, 2.05) is 24.5 Å². The number of rotatable bonds is 5. The highest BCUT2D eigenvalue weighted by Crippen LogP contribution is 2.50. The van der Waals surface area contributed by atoms with E-state index in [1.165, 1.54) is 37.7 Å². The molecule has 0 radical (unpaired) electrons. The summed E-state index contributed by atoms with van der Waals surface area (Å²) in [5.74, 6) is -0.0376. The highest BCUT2D eigenvalue weighted by Gasteiger charge is 2.44. The van der Waals surface area contributed by atoms with Crippen LogP contribution in [-0.2, 0) is 4.74 Å². The molecule has 3 heterocycles. The predicted octanol–water partition coefficient (Wildman–Crippen LogP) is 5.17. The fourth-order valence-electron chi connectivity index (χ4n) is 6.55. The molecule has 190 valence electrons. The van der Waals surface area contributed by atoms with E-state index < -0.39 is 10.9 Å². The molecule has 3 atom stereocenters. The molecular weight excluding hydrogens is 480 g/mol. The van der Waals surface area contributed by atoms with Gasteiger partial charge in [0.1, 0.15) is 9.88 Å². The summed E-state index contributed by atoms with van der Waals surface area (Å²) in [5.41, 5.74) is 2.33. The molecule has 2 aliphatic carbocycles. The number of methoxy groups -OCH3 is 1. The van der Waals surface area contributed by atoms with Crippen LogP contribution in [-0.4, -0.2) is 51.9 Å². The van der Waals surface area contributed by atoms with Gasteiger partial charge in [0.2, 0.25) is 0 Å². The largest absolute Gasteiger partial charge is 0.465 e. The Morgan fingerprint density at radius 2 is 1.92 bits per heavy atom. The number of carbonyl (C=O) groups is 1. The fourth-order valence-corrected chi connectivity index (χ4v) is 7.82. The zero-order valence-electron chi connectivity index (χ0n) is 20.3. The fraction of sp³-hybridized carbons (Fsp3) is 0.538. The highest BCUT2D eigenvalue weighted by molar-refractivity contribution is 7.20. The van der Waals surface area contributed by atoms with Gasteiger partial charge in [0.25, 0.3) is 0 Å². The van der Waals surface area contributed by atoms with Crippen molar-refractivity contribution in [2.24, 2.45) is 11.8 Å². The lowest BCUT2D eigenvalue weighted by molar-refractivity contribution is -0.384. The number of carbonyl (C=O) groups excluding carboxylic acids is 1. The topological polar surface area (TPSA) is 111 Å². The normalized spacial score (nSPS) is 24.4. The number of nitrogens with zero attached hydrogens (tertiary/aromatic N) is 4. The second-order valence-electron chi connectivity index (χ2n) is 10.4. The number of aromatic nitrogens is 2. The van der Waals surface area contributed by atoms with Crippen molar-refractivity contribution in [2.45, 2.75) is 57.1 Å². The zero-order chi connectivity index (χ0) is 25.0. The first-order valence-electron chi connectivity index (χ1n) is 12.7. The Morgan fingerprint density at radius 1 is 1.19 bits per heavy atom. The van der Waals surface area contributed by atoms with Crippen LogP contribution >= 0.6 is 11.3 Å². The Hall–Kier alpha value is -2.98. The molecule has 36 heavy (non-hydrogen) atoms. The summed E-state index contributed by atoms with van der Waals surface area (Å²) in [6.07, 6.45) is 9.07.